The van der Waals surface area contributed by atoms with Crippen LogP contribution in [0.25, 0.3) is 0 Å². The molecule has 1 heterocycles. The Morgan fingerprint density at radius 2 is 2.20 bits per heavy atom. The summed E-state index contributed by atoms with van der Waals surface area (Å²) in [5.41, 5.74) is 0. The van der Waals surface area contributed by atoms with Crippen LogP contribution in [-0.4, -0.2) is 17.0 Å². The first-order valence-electron chi connectivity index (χ1n) is 5.53. The second-order valence-corrected chi connectivity index (χ2v) is 4.55. The molecule has 2 bridgehead atoms. The number of fused-ring (bicyclic) bond motifs is 5. The second-order valence-electron chi connectivity index (χ2n) is 4.55. The largest absolute Gasteiger partial charge is 0.502 e. The number of carbonyl (C=O) groups is 1. The molecule has 0 aromatic carbocycles. The van der Waals surface area contributed by atoms with Crippen LogP contribution in [0.4, 0.5) is 0 Å². The molecular weight excluding hydrogens is 192 g/mol. The van der Waals surface area contributed by atoms with Crippen LogP contribution in [0.1, 0.15) is 19.8 Å². The minimum Gasteiger partial charge on any atom is -0.502 e. The van der Waals surface area contributed by atoms with E-state index in [0.717, 1.165) is 6.42 Å². The van der Waals surface area contributed by atoms with E-state index in [9.17, 15) is 9.90 Å². The van der Waals surface area contributed by atoms with E-state index in [1.54, 1.807) is 0 Å². The summed E-state index contributed by atoms with van der Waals surface area (Å²) in [6.45, 7) is 1.89. The quantitative estimate of drug-likeness (QED) is 0.667. The monoisotopic (exact) mass is 206 g/mol. The van der Waals surface area contributed by atoms with Gasteiger partial charge >= 0.3 is 0 Å². The molecule has 0 radical (unpaired) electrons. The summed E-state index contributed by atoms with van der Waals surface area (Å²) in [5.74, 6) is 0.754. The number of aliphatic hydroxyl groups is 1. The Morgan fingerprint density at radius 1 is 1.47 bits per heavy atom. The maximum Gasteiger partial charge on any atom is 0.208 e. The minimum absolute atomic E-state index is 0.0154. The third-order valence-electron chi connectivity index (χ3n) is 3.79. The molecule has 0 spiro atoms. The van der Waals surface area contributed by atoms with Gasteiger partial charge in [-0.2, -0.15) is 0 Å². The Kier molecular flexibility index (Phi) is 1.73. The average Bonchev–Trinajstić information content (AvgIpc) is 2.83. The van der Waals surface area contributed by atoms with E-state index in [1.807, 2.05) is 6.92 Å². The highest BCUT2D eigenvalue weighted by atomic mass is 16.5. The van der Waals surface area contributed by atoms with Crippen molar-refractivity contribution in [3.05, 3.63) is 23.7 Å². The molecule has 4 unspecified atom stereocenters. The van der Waals surface area contributed by atoms with Crippen molar-refractivity contribution in [2.45, 2.75) is 25.9 Å². The van der Waals surface area contributed by atoms with Crippen molar-refractivity contribution in [2.75, 3.05) is 0 Å². The lowest BCUT2D eigenvalue weighted by molar-refractivity contribution is -0.130. The molecule has 15 heavy (non-hydrogen) atoms. The zero-order chi connectivity index (χ0) is 10.6. The summed E-state index contributed by atoms with van der Waals surface area (Å²) >= 11 is 0. The van der Waals surface area contributed by atoms with Gasteiger partial charge in [0.2, 0.25) is 5.78 Å². The molecule has 1 fully saturated rings. The normalized spacial score (nSPS) is 42.1. The van der Waals surface area contributed by atoms with Gasteiger partial charge in [0.25, 0.3) is 0 Å². The van der Waals surface area contributed by atoms with Crippen molar-refractivity contribution in [1.82, 2.24) is 0 Å². The number of ether oxygens (including phenoxy) is 1. The Bertz CT molecular complexity index is 380. The SMILES string of the molecule is CCC1=C(O)C(=O)C2C3C=CC(C3)C2O1. The van der Waals surface area contributed by atoms with E-state index in [0.29, 0.717) is 18.1 Å². The predicted molar refractivity (Wildman–Crippen MR) is 54.1 cm³/mol. The molecule has 3 nitrogen and oxygen atoms in total. The van der Waals surface area contributed by atoms with Gasteiger partial charge in [-0.1, -0.05) is 19.1 Å². The molecule has 3 aliphatic rings. The lowest BCUT2D eigenvalue weighted by Crippen LogP contribution is -2.39. The van der Waals surface area contributed by atoms with E-state index in [-0.39, 0.29) is 29.5 Å². The van der Waals surface area contributed by atoms with Crippen molar-refractivity contribution in [1.29, 1.82) is 0 Å². The molecule has 3 heteroatoms. The number of ketones is 1. The number of allylic oxidation sites excluding steroid dienone is 3. The van der Waals surface area contributed by atoms with Crippen LogP contribution >= 0.6 is 0 Å². The number of hydrogen-bond donors (Lipinski definition) is 1. The minimum atomic E-state index is -0.139. The predicted octanol–water partition coefficient (Wildman–Crippen LogP) is 1.96. The van der Waals surface area contributed by atoms with Gasteiger partial charge in [0.15, 0.2) is 5.76 Å². The van der Waals surface area contributed by atoms with Gasteiger partial charge in [0.1, 0.15) is 11.9 Å². The van der Waals surface area contributed by atoms with Crippen molar-refractivity contribution < 1.29 is 14.6 Å². The molecule has 80 valence electrons. The molecule has 2 aliphatic carbocycles. The molecule has 1 saturated carbocycles. The van der Waals surface area contributed by atoms with Gasteiger partial charge in [0, 0.05) is 12.3 Å². The Balaban J connectivity index is 2.00. The zero-order valence-corrected chi connectivity index (χ0v) is 8.64. The van der Waals surface area contributed by atoms with Crippen LogP contribution in [0.15, 0.2) is 23.7 Å². The third kappa shape index (κ3) is 1.03. The van der Waals surface area contributed by atoms with Crippen LogP contribution in [-0.2, 0) is 9.53 Å². The first-order chi connectivity index (χ1) is 7.22. The molecule has 3 rings (SSSR count). The number of Topliss-reactive ketones (excluding diaryl/α,β-unsaturated/α-hetero) is 1. The molecule has 0 aromatic rings. The van der Waals surface area contributed by atoms with E-state index in [1.165, 1.54) is 0 Å². The maximum atomic E-state index is 11.9. The Hall–Kier alpha value is -1.25. The molecule has 1 N–H and O–H groups in total. The lowest BCUT2D eigenvalue weighted by Gasteiger charge is -2.32. The van der Waals surface area contributed by atoms with E-state index < -0.39 is 0 Å². The summed E-state index contributed by atoms with van der Waals surface area (Å²) in [5, 5.41) is 9.69. The van der Waals surface area contributed by atoms with Crippen LogP contribution in [0, 0.1) is 17.8 Å². The summed E-state index contributed by atoms with van der Waals surface area (Å²) in [7, 11) is 0. The van der Waals surface area contributed by atoms with Gasteiger partial charge in [-0.3, -0.25) is 4.79 Å². The summed E-state index contributed by atoms with van der Waals surface area (Å²) in [4.78, 5) is 11.9. The third-order valence-corrected chi connectivity index (χ3v) is 3.79. The van der Waals surface area contributed by atoms with Gasteiger partial charge in [-0.25, -0.2) is 0 Å². The van der Waals surface area contributed by atoms with Crippen LogP contribution in [0.3, 0.4) is 0 Å². The zero-order valence-electron chi connectivity index (χ0n) is 8.64. The lowest BCUT2D eigenvalue weighted by atomic mass is 9.84. The van der Waals surface area contributed by atoms with Crippen LogP contribution < -0.4 is 0 Å². The maximum absolute atomic E-state index is 11.9. The molecular formula is C12H14O3. The summed E-state index contributed by atoms with van der Waals surface area (Å²) in [6, 6.07) is 0. The fourth-order valence-corrected chi connectivity index (χ4v) is 3.05. The van der Waals surface area contributed by atoms with E-state index in [2.05, 4.69) is 12.2 Å². The van der Waals surface area contributed by atoms with Gasteiger partial charge in [-0.05, 0) is 12.3 Å². The van der Waals surface area contributed by atoms with Crippen LogP contribution in [0.5, 0.6) is 0 Å². The fraction of sp³-hybridized carbons (Fsp3) is 0.583. The summed E-state index contributed by atoms with van der Waals surface area (Å²) in [6.07, 6.45) is 5.82. The van der Waals surface area contributed by atoms with Crippen molar-refractivity contribution in [3.63, 3.8) is 0 Å². The smallest absolute Gasteiger partial charge is 0.208 e. The van der Waals surface area contributed by atoms with Crippen molar-refractivity contribution in [2.24, 2.45) is 17.8 Å². The number of hydrogen-bond acceptors (Lipinski definition) is 3. The van der Waals surface area contributed by atoms with Crippen molar-refractivity contribution in [3.8, 4) is 0 Å². The topological polar surface area (TPSA) is 46.5 Å². The Morgan fingerprint density at radius 3 is 2.93 bits per heavy atom. The first-order valence-corrected chi connectivity index (χ1v) is 5.53. The highest BCUT2D eigenvalue weighted by molar-refractivity contribution is 5.97. The standard InChI is InChI=1S/C12H14O3/c1-2-8-10(13)11(14)9-6-3-4-7(5-6)12(9)15-8/h3-4,6-7,9,12-13H,2,5H2,1H3. The number of rotatable bonds is 1. The fourth-order valence-electron chi connectivity index (χ4n) is 3.05. The van der Waals surface area contributed by atoms with Crippen LogP contribution in [0.2, 0.25) is 0 Å². The molecule has 0 aromatic heterocycles. The molecule has 4 atom stereocenters. The highest BCUT2D eigenvalue weighted by Crippen LogP contribution is 2.49. The first kappa shape index (κ1) is 9.01. The van der Waals surface area contributed by atoms with E-state index >= 15 is 0 Å². The van der Waals surface area contributed by atoms with E-state index in [4.69, 9.17) is 4.74 Å². The van der Waals surface area contributed by atoms with Gasteiger partial charge in [0.05, 0.1) is 5.92 Å². The molecule has 0 saturated heterocycles. The number of carbonyl (C=O) groups excluding carboxylic acids is 1. The molecule has 1 aliphatic heterocycles. The van der Waals surface area contributed by atoms with Gasteiger partial charge < -0.3 is 9.84 Å². The average molecular weight is 206 g/mol. The van der Waals surface area contributed by atoms with Crippen molar-refractivity contribution >= 4 is 5.78 Å². The Labute approximate surface area is 88.4 Å². The van der Waals surface area contributed by atoms with Gasteiger partial charge in [-0.15, -0.1) is 0 Å². The number of aliphatic hydroxyl groups excluding tert-OH is 1. The highest BCUT2D eigenvalue weighted by Gasteiger charge is 2.53. The second kappa shape index (κ2) is 2.87. The molecule has 0 amide bonds. The summed E-state index contributed by atoms with van der Waals surface area (Å²) < 4.78 is 5.73.